The molecule has 28 heavy (non-hydrogen) atoms. The third-order valence-corrected chi connectivity index (χ3v) is 4.16. The first-order chi connectivity index (χ1) is 13.6. The second-order valence-corrected chi connectivity index (χ2v) is 6.44. The highest BCUT2D eigenvalue weighted by Gasteiger charge is 2.13. The summed E-state index contributed by atoms with van der Waals surface area (Å²) in [4.78, 5) is 4.68. The summed E-state index contributed by atoms with van der Waals surface area (Å²) in [5.41, 5.74) is 0.969. The Bertz CT molecular complexity index is 721. The summed E-state index contributed by atoms with van der Waals surface area (Å²) >= 11 is 0. The highest BCUT2D eigenvalue weighted by Crippen LogP contribution is 2.38. The highest BCUT2D eigenvalue weighted by molar-refractivity contribution is 5.79. The van der Waals surface area contributed by atoms with Crippen molar-refractivity contribution in [1.82, 2.24) is 20.4 Å². The zero-order valence-electron chi connectivity index (χ0n) is 17.4. The Morgan fingerprint density at radius 1 is 1.14 bits per heavy atom. The van der Waals surface area contributed by atoms with Crippen molar-refractivity contribution in [3.05, 3.63) is 36.2 Å². The molecule has 0 radical (unpaired) electrons. The number of benzene rings is 1. The molecular formula is C20H31N5O3. The molecule has 1 aromatic heterocycles. The molecule has 0 saturated carbocycles. The highest BCUT2D eigenvalue weighted by atomic mass is 16.5. The number of hydrogen-bond donors (Lipinski definition) is 2. The van der Waals surface area contributed by atoms with Crippen molar-refractivity contribution >= 4 is 5.96 Å². The van der Waals surface area contributed by atoms with Crippen LogP contribution in [-0.4, -0.2) is 50.2 Å². The number of rotatable bonds is 10. The van der Waals surface area contributed by atoms with Crippen molar-refractivity contribution in [3.63, 3.8) is 0 Å². The molecule has 1 aromatic carbocycles. The van der Waals surface area contributed by atoms with E-state index in [4.69, 9.17) is 14.2 Å². The molecule has 2 N–H and O–H groups in total. The lowest BCUT2D eigenvalue weighted by Gasteiger charge is -2.16. The number of guanidine groups is 1. The lowest BCUT2D eigenvalue weighted by Crippen LogP contribution is -2.40. The quantitative estimate of drug-likeness (QED) is 0.479. The molecule has 154 valence electrons. The average Bonchev–Trinajstić information content (AvgIpc) is 3.21. The molecule has 0 fully saturated rings. The molecular weight excluding hydrogens is 358 g/mol. The third-order valence-electron chi connectivity index (χ3n) is 4.16. The second-order valence-electron chi connectivity index (χ2n) is 6.44. The van der Waals surface area contributed by atoms with E-state index in [9.17, 15) is 0 Å². The predicted molar refractivity (Wildman–Crippen MR) is 110 cm³/mol. The van der Waals surface area contributed by atoms with Gasteiger partial charge in [0.05, 0.1) is 27.9 Å². The van der Waals surface area contributed by atoms with Gasteiger partial charge in [0.1, 0.15) is 0 Å². The molecule has 8 nitrogen and oxygen atoms in total. The maximum Gasteiger partial charge on any atom is 0.203 e. The minimum absolute atomic E-state index is 0.407. The topological polar surface area (TPSA) is 81.9 Å². The van der Waals surface area contributed by atoms with Gasteiger partial charge in [0.15, 0.2) is 17.5 Å². The van der Waals surface area contributed by atoms with Crippen LogP contribution in [0.4, 0.5) is 0 Å². The van der Waals surface area contributed by atoms with E-state index in [2.05, 4.69) is 27.6 Å². The molecule has 0 aliphatic carbocycles. The standard InChI is InChI=1S/C20H31N5O3/c1-6-21-20(22-12-15(2)14-25-9-7-8-24-25)23-13-16-10-17(26-3)19(28-5)18(11-16)27-4/h7-11,15H,6,12-14H2,1-5H3,(H2,21,22,23). The first kappa shape index (κ1) is 21.4. The summed E-state index contributed by atoms with van der Waals surface area (Å²) in [6.45, 7) is 7.14. The van der Waals surface area contributed by atoms with Crippen molar-refractivity contribution in [2.24, 2.45) is 10.9 Å². The number of aromatic nitrogens is 2. The van der Waals surface area contributed by atoms with Crippen molar-refractivity contribution in [3.8, 4) is 17.2 Å². The van der Waals surface area contributed by atoms with E-state index in [0.29, 0.717) is 29.7 Å². The molecule has 0 amide bonds. The van der Waals surface area contributed by atoms with Crippen LogP contribution >= 0.6 is 0 Å². The number of aliphatic imine (C=N–C) groups is 1. The fourth-order valence-electron chi connectivity index (χ4n) is 2.80. The van der Waals surface area contributed by atoms with Gasteiger partial charge in [-0.3, -0.25) is 4.68 Å². The minimum Gasteiger partial charge on any atom is -0.493 e. The Balaban J connectivity index is 2.03. The lowest BCUT2D eigenvalue weighted by atomic mass is 10.2. The zero-order valence-corrected chi connectivity index (χ0v) is 17.4. The van der Waals surface area contributed by atoms with Gasteiger partial charge < -0.3 is 24.8 Å². The van der Waals surface area contributed by atoms with Crippen LogP contribution in [0.1, 0.15) is 19.4 Å². The van der Waals surface area contributed by atoms with Gasteiger partial charge in [-0.05, 0) is 36.6 Å². The smallest absolute Gasteiger partial charge is 0.203 e. The summed E-state index contributed by atoms with van der Waals surface area (Å²) in [5, 5.41) is 10.9. The normalized spacial score (nSPS) is 12.4. The van der Waals surface area contributed by atoms with Gasteiger partial charge >= 0.3 is 0 Å². The van der Waals surface area contributed by atoms with E-state index in [0.717, 1.165) is 31.2 Å². The molecule has 0 aliphatic rings. The van der Waals surface area contributed by atoms with E-state index in [1.807, 2.05) is 36.0 Å². The Labute approximate surface area is 166 Å². The molecule has 0 bridgehead atoms. The van der Waals surface area contributed by atoms with Gasteiger partial charge in [-0.25, -0.2) is 4.99 Å². The Kier molecular flexibility index (Phi) is 8.45. The van der Waals surface area contributed by atoms with E-state index >= 15 is 0 Å². The van der Waals surface area contributed by atoms with Crippen LogP contribution in [0, 0.1) is 5.92 Å². The molecule has 0 saturated heterocycles. The van der Waals surface area contributed by atoms with Gasteiger partial charge in [0.25, 0.3) is 0 Å². The maximum atomic E-state index is 5.41. The molecule has 2 aromatic rings. The summed E-state index contributed by atoms with van der Waals surface area (Å²) in [6, 6.07) is 5.76. The second kappa shape index (κ2) is 11.1. The van der Waals surface area contributed by atoms with Crippen LogP contribution in [-0.2, 0) is 13.1 Å². The SMILES string of the molecule is CCNC(=NCc1cc(OC)c(OC)c(OC)c1)NCC(C)Cn1cccn1. The Hall–Kier alpha value is -2.90. The summed E-state index contributed by atoms with van der Waals surface area (Å²) in [7, 11) is 4.81. The number of ether oxygens (including phenoxy) is 3. The fraction of sp³-hybridized carbons (Fsp3) is 0.500. The predicted octanol–water partition coefficient (Wildman–Crippen LogP) is 2.30. The van der Waals surface area contributed by atoms with Crippen molar-refractivity contribution < 1.29 is 14.2 Å². The van der Waals surface area contributed by atoms with Crippen LogP contribution in [0.3, 0.4) is 0 Å². The summed E-state index contributed by atoms with van der Waals surface area (Å²) in [6.07, 6.45) is 3.77. The molecule has 1 heterocycles. The van der Waals surface area contributed by atoms with Gasteiger partial charge in [0, 0.05) is 32.0 Å². The van der Waals surface area contributed by atoms with Crippen LogP contribution in [0.5, 0.6) is 17.2 Å². The van der Waals surface area contributed by atoms with Gasteiger partial charge in [-0.2, -0.15) is 5.10 Å². The zero-order chi connectivity index (χ0) is 20.4. The van der Waals surface area contributed by atoms with Crippen molar-refractivity contribution in [1.29, 1.82) is 0 Å². The maximum absolute atomic E-state index is 5.41. The van der Waals surface area contributed by atoms with Gasteiger partial charge in [-0.1, -0.05) is 6.92 Å². The fourth-order valence-corrected chi connectivity index (χ4v) is 2.80. The Morgan fingerprint density at radius 3 is 2.39 bits per heavy atom. The number of nitrogens with one attached hydrogen (secondary N) is 2. The largest absolute Gasteiger partial charge is 0.493 e. The van der Waals surface area contributed by atoms with Crippen molar-refractivity contribution in [2.45, 2.75) is 26.9 Å². The van der Waals surface area contributed by atoms with Gasteiger partial charge in [-0.15, -0.1) is 0 Å². The minimum atomic E-state index is 0.407. The van der Waals surface area contributed by atoms with E-state index in [1.54, 1.807) is 27.5 Å². The monoisotopic (exact) mass is 389 g/mol. The molecule has 1 atom stereocenters. The molecule has 1 unspecified atom stereocenters. The Morgan fingerprint density at radius 2 is 1.86 bits per heavy atom. The molecule has 8 heteroatoms. The average molecular weight is 390 g/mol. The first-order valence-corrected chi connectivity index (χ1v) is 9.39. The number of nitrogens with zero attached hydrogens (tertiary/aromatic N) is 3. The van der Waals surface area contributed by atoms with Crippen LogP contribution in [0.2, 0.25) is 0 Å². The lowest BCUT2D eigenvalue weighted by molar-refractivity contribution is 0.324. The first-order valence-electron chi connectivity index (χ1n) is 9.39. The van der Waals surface area contributed by atoms with E-state index < -0.39 is 0 Å². The molecule has 0 aliphatic heterocycles. The number of methoxy groups -OCH3 is 3. The van der Waals surface area contributed by atoms with Gasteiger partial charge in [0.2, 0.25) is 5.75 Å². The molecule has 0 spiro atoms. The summed E-state index contributed by atoms with van der Waals surface area (Å²) in [5.74, 6) is 3.00. The van der Waals surface area contributed by atoms with Crippen molar-refractivity contribution in [2.75, 3.05) is 34.4 Å². The van der Waals surface area contributed by atoms with E-state index in [1.165, 1.54) is 0 Å². The number of hydrogen-bond acceptors (Lipinski definition) is 5. The molecule has 2 rings (SSSR count). The van der Waals surface area contributed by atoms with Crippen LogP contribution in [0.25, 0.3) is 0 Å². The van der Waals surface area contributed by atoms with Crippen LogP contribution in [0.15, 0.2) is 35.6 Å². The van der Waals surface area contributed by atoms with E-state index in [-0.39, 0.29) is 0 Å². The summed E-state index contributed by atoms with van der Waals surface area (Å²) < 4.78 is 18.1. The third kappa shape index (κ3) is 6.07. The van der Waals surface area contributed by atoms with Crippen LogP contribution < -0.4 is 24.8 Å².